The highest BCUT2D eigenvalue weighted by Gasteiger charge is 2.08. The fourth-order valence-corrected chi connectivity index (χ4v) is 1.83. The second kappa shape index (κ2) is 9.27. The highest BCUT2D eigenvalue weighted by molar-refractivity contribution is 5.96. The van der Waals surface area contributed by atoms with Gasteiger partial charge in [-0.1, -0.05) is 6.92 Å². The average molecular weight is 344 g/mol. The molecule has 132 valence electrons. The molecule has 0 aliphatic rings. The molecule has 25 heavy (non-hydrogen) atoms. The Kier molecular flexibility index (Phi) is 6.76. The number of hydrogen-bond donors (Lipinski definition) is 1. The molecule has 1 aromatic carbocycles. The number of nitrogens with zero attached hydrogens (tertiary/aromatic N) is 1. The summed E-state index contributed by atoms with van der Waals surface area (Å²) in [5, 5.41) is 3.93. The van der Waals surface area contributed by atoms with E-state index in [1.807, 2.05) is 6.92 Å². The van der Waals surface area contributed by atoms with E-state index in [0.717, 1.165) is 6.42 Å². The third kappa shape index (κ3) is 5.80. The van der Waals surface area contributed by atoms with Crippen LogP contribution in [0.4, 0.5) is 0 Å². The van der Waals surface area contributed by atoms with Gasteiger partial charge < -0.3 is 13.9 Å². The summed E-state index contributed by atoms with van der Waals surface area (Å²) < 4.78 is 15.5. The minimum Gasteiger partial charge on any atom is -0.484 e. The minimum atomic E-state index is -0.405. The third-order valence-electron chi connectivity index (χ3n) is 3.12. The van der Waals surface area contributed by atoms with Crippen molar-refractivity contribution in [2.75, 3.05) is 13.2 Å². The average Bonchev–Trinajstić information content (AvgIpc) is 3.17. The summed E-state index contributed by atoms with van der Waals surface area (Å²) >= 11 is 0. The number of carbonyl (C=O) groups is 2. The van der Waals surface area contributed by atoms with E-state index in [9.17, 15) is 9.59 Å². The molecule has 0 saturated heterocycles. The molecule has 2 aromatic rings. The van der Waals surface area contributed by atoms with Gasteiger partial charge in [-0.15, -0.1) is 0 Å². The van der Waals surface area contributed by atoms with Crippen LogP contribution in [0.1, 0.15) is 36.4 Å². The first kappa shape index (κ1) is 18.3. The van der Waals surface area contributed by atoms with Crippen LogP contribution in [0.5, 0.6) is 5.75 Å². The van der Waals surface area contributed by atoms with Crippen molar-refractivity contribution in [3.63, 3.8) is 0 Å². The molecule has 0 unspecified atom stereocenters. The smallest absolute Gasteiger partial charge is 0.338 e. The summed E-state index contributed by atoms with van der Waals surface area (Å²) in [6.07, 6.45) is 2.30. The first-order valence-corrected chi connectivity index (χ1v) is 7.87. The Labute approximate surface area is 145 Å². The number of ether oxygens (including phenoxy) is 2. The predicted molar refractivity (Wildman–Crippen MR) is 91.6 cm³/mol. The Morgan fingerprint density at radius 2 is 1.96 bits per heavy atom. The van der Waals surface area contributed by atoms with Crippen LogP contribution in [0.25, 0.3) is 0 Å². The summed E-state index contributed by atoms with van der Waals surface area (Å²) in [7, 11) is 0. The summed E-state index contributed by atoms with van der Waals surface area (Å²) in [4.78, 5) is 23.4. The van der Waals surface area contributed by atoms with Crippen LogP contribution in [0.3, 0.4) is 0 Å². The number of rotatable bonds is 8. The van der Waals surface area contributed by atoms with Crippen molar-refractivity contribution < 1.29 is 23.5 Å². The van der Waals surface area contributed by atoms with Crippen molar-refractivity contribution in [1.29, 1.82) is 0 Å². The normalized spacial score (nSPS) is 11.0. The van der Waals surface area contributed by atoms with Gasteiger partial charge in [0.2, 0.25) is 0 Å². The summed E-state index contributed by atoms with van der Waals surface area (Å²) in [6.45, 7) is 3.83. The summed E-state index contributed by atoms with van der Waals surface area (Å²) in [6, 6.07) is 9.87. The molecule has 0 aliphatic carbocycles. The van der Waals surface area contributed by atoms with Crippen molar-refractivity contribution in [1.82, 2.24) is 5.43 Å². The van der Waals surface area contributed by atoms with Gasteiger partial charge in [-0.3, -0.25) is 4.79 Å². The highest BCUT2D eigenvalue weighted by Crippen LogP contribution is 2.13. The lowest BCUT2D eigenvalue weighted by Gasteiger charge is -2.07. The van der Waals surface area contributed by atoms with Crippen molar-refractivity contribution in [3.8, 4) is 5.75 Å². The van der Waals surface area contributed by atoms with E-state index in [0.29, 0.717) is 29.4 Å². The Morgan fingerprint density at radius 3 is 2.60 bits per heavy atom. The fourth-order valence-electron chi connectivity index (χ4n) is 1.83. The maximum atomic E-state index is 11.7. The third-order valence-corrected chi connectivity index (χ3v) is 3.12. The Bertz CT molecular complexity index is 720. The number of carbonyl (C=O) groups excluding carboxylic acids is 2. The molecule has 0 atom stereocenters. The molecule has 0 bridgehead atoms. The van der Waals surface area contributed by atoms with Gasteiger partial charge in [-0.2, -0.15) is 5.10 Å². The van der Waals surface area contributed by atoms with Crippen LogP contribution >= 0.6 is 0 Å². The maximum Gasteiger partial charge on any atom is 0.338 e. The standard InChI is InChI=1S/C18H20N2O5/c1-3-10-24-18(22)14-6-8-15(9-7-14)25-12-17(21)20-19-13(2)16-5-4-11-23-16/h4-9,11H,3,10,12H2,1-2H3,(H,20,21)/b19-13+. The van der Waals surface area contributed by atoms with Gasteiger partial charge in [0, 0.05) is 0 Å². The molecule has 0 radical (unpaired) electrons. The predicted octanol–water partition coefficient (Wildman–Crippen LogP) is 2.77. The van der Waals surface area contributed by atoms with Gasteiger partial charge in [0.05, 0.1) is 18.4 Å². The van der Waals surface area contributed by atoms with E-state index in [2.05, 4.69) is 10.5 Å². The molecule has 1 N–H and O–H groups in total. The molecule has 2 rings (SSSR count). The second-order valence-corrected chi connectivity index (χ2v) is 5.16. The lowest BCUT2D eigenvalue weighted by Crippen LogP contribution is -2.25. The topological polar surface area (TPSA) is 90.1 Å². The first-order chi connectivity index (χ1) is 12.1. The minimum absolute atomic E-state index is 0.200. The molecule has 7 heteroatoms. The highest BCUT2D eigenvalue weighted by atomic mass is 16.5. The molecule has 0 spiro atoms. The van der Waals surface area contributed by atoms with Gasteiger partial charge >= 0.3 is 5.97 Å². The van der Waals surface area contributed by atoms with E-state index < -0.39 is 5.91 Å². The molecule has 1 amide bonds. The summed E-state index contributed by atoms with van der Waals surface area (Å²) in [5.41, 5.74) is 3.37. The number of nitrogens with one attached hydrogen (secondary N) is 1. The Balaban J connectivity index is 1.79. The Hall–Kier alpha value is -3.09. The number of benzene rings is 1. The van der Waals surface area contributed by atoms with Crippen LogP contribution in [-0.4, -0.2) is 30.8 Å². The van der Waals surface area contributed by atoms with Crippen molar-refractivity contribution in [3.05, 3.63) is 54.0 Å². The van der Waals surface area contributed by atoms with Gasteiger partial charge in [0.15, 0.2) is 6.61 Å². The molecule has 0 saturated carbocycles. The van der Waals surface area contributed by atoms with E-state index in [-0.39, 0.29) is 12.6 Å². The number of esters is 1. The number of hydrogen-bond acceptors (Lipinski definition) is 6. The van der Waals surface area contributed by atoms with Crippen molar-refractivity contribution in [2.24, 2.45) is 5.10 Å². The molecule has 7 nitrogen and oxygen atoms in total. The summed E-state index contributed by atoms with van der Waals surface area (Å²) in [5.74, 6) is 0.256. The van der Waals surface area contributed by atoms with Gasteiger partial charge in [-0.25, -0.2) is 10.2 Å². The van der Waals surface area contributed by atoms with Crippen LogP contribution in [0, 0.1) is 0 Å². The molecule has 0 aliphatic heterocycles. The largest absolute Gasteiger partial charge is 0.484 e. The van der Waals surface area contributed by atoms with Crippen molar-refractivity contribution >= 4 is 17.6 Å². The van der Waals surface area contributed by atoms with E-state index >= 15 is 0 Å². The van der Waals surface area contributed by atoms with Gasteiger partial charge in [0.25, 0.3) is 5.91 Å². The van der Waals surface area contributed by atoms with Gasteiger partial charge in [0.1, 0.15) is 17.2 Å². The Morgan fingerprint density at radius 1 is 1.20 bits per heavy atom. The van der Waals surface area contributed by atoms with Crippen molar-refractivity contribution in [2.45, 2.75) is 20.3 Å². The van der Waals surface area contributed by atoms with Gasteiger partial charge in [-0.05, 0) is 49.7 Å². The van der Waals surface area contributed by atoms with Crippen LogP contribution in [0.2, 0.25) is 0 Å². The number of amides is 1. The molecular weight excluding hydrogens is 324 g/mol. The second-order valence-electron chi connectivity index (χ2n) is 5.16. The SMILES string of the molecule is CCCOC(=O)c1ccc(OCC(=O)N/N=C(\C)c2ccco2)cc1. The molecular formula is C18H20N2O5. The monoisotopic (exact) mass is 344 g/mol. The van der Waals surface area contributed by atoms with Crippen LogP contribution in [0.15, 0.2) is 52.2 Å². The zero-order chi connectivity index (χ0) is 18.1. The molecule has 0 fully saturated rings. The zero-order valence-corrected chi connectivity index (χ0v) is 14.2. The van der Waals surface area contributed by atoms with Crippen LogP contribution < -0.4 is 10.2 Å². The molecule has 1 heterocycles. The quantitative estimate of drug-likeness (QED) is 0.452. The lowest BCUT2D eigenvalue weighted by atomic mass is 10.2. The maximum absolute atomic E-state index is 11.7. The van der Waals surface area contributed by atoms with E-state index in [4.69, 9.17) is 13.9 Å². The fraction of sp³-hybridized carbons (Fsp3) is 0.278. The first-order valence-electron chi connectivity index (χ1n) is 7.87. The lowest BCUT2D eigenvalue weighted by molar-refractivity contribution is -0.123. The van der Waals surface area contributed by atoms with E-state index in [1.165, 1.54) is 6.26 Å². The zero-order valence-electron chi connectivity index (χ0n) is 14.2. The number of hydrazone groups is 1. The van der Waals surface area contributed by atoms with E-state index in [1.54, 1.807) is 43.3 Å². The van der Waals surface area contributed by atoms with Crippen LogP contribution in [-0.2, 0) is 9.53 Å². The number of furan rings is 1. The molecule has 1 aromatic heterocycles.